The molecule has 3 heteroatoms. The smallest absolute Gasteiger partial charge is 0.0476 e. The number of nitrogens with zero attached hydrogens (tertiary/aromatic N) is 2. The quantitative estimate of drug-likeness (QED) is 0.869. The van der Waals surface area contributed by atoms with Crippen molar-refractivity contribution in [3.8, 4) is 0 Å². The summed E-state index contributed by atoms with van der Waals surface area (Å²) in [6.45, 7) is 6.80. The van der Waals surface area contributed by atoms with Crippen LogP contribution in [0.4, 0.5) is 0 Å². The minimum atomic E-state index is 0.0723. The molecule has 1 aromatic rings. The van der Waals surface area contributed by atoms with Gasteiger partial charge in [-0.2, -0.15) is 0 Å². The number of aromatic nitrogens is 1. The molecule has 0 bridgehead atoms. The summed E-state index contributed by atoms with van der Waals surface area (Å²) >= 11 is 0. The van der Waals surface area contributed by atoms with Crippen molar-refractivity contribution in [1.29, 1.82) is 0 Å². The molecule has 0 aliphatic carbocycles. The summed E-state index contributed by atoms with van der Waals surface area (Å²) in [6, 6.07) is 4.10. The third-order valence-electron chi connectivity index (χ3n) is 4.11. The van der Waals surface area contributed by atoms with Crippen molar-refractivity contribution < 1.29 is 5.11 Å². The molecule has 0 radical (unpaired) electrons. The average Bonchev–Trinajstić information content (AvgIpc) is 2.33. The minimum Gasteiger partial charge on any atom is -0.396 e. The van der Waals surface area contributed by atoms with Crippen LogP contribution >= 0.6 is 0 Å². The Morgan fingerprint density at radius 3 is 3.00 bits per heavy atom. The van der Waals surface area contributed by atoms with Crippen LogP contribution in [0.3, 0.4) is 0 Å². The molecule has 1 atom stereocenters. The van der Waals surface area contributed by atoms with Gasteiger partial charge in [0.2, 0.25) is 0 Å². The van der Waals surface area contributed by atoms with Gasteiger partial charge in [-0.05, 0) is 50.8 Å². The number of piperidine rings is 1. The number of aliphatic hydroxyl groups excluding tert-OH is 1. The Hall–Kier alpha value is -0.930. The van der Waals surface area contributed by atoms with E-state index in [4.69, 9.17) is 0 Å². The lowest BCUT2D eigenvalue weighted by molar-refractivity contribution is -0.00998. The maximum atomic E-state index is 9.47. The fourth-order valence-corrected chi connectivity index (χ4v) is 2.74. The summed E-state index contributed by atoms with van der Waals surface area (Å²) < 4.78 is 0. The summed E-state index contributed by atoms with van der Waals surface area (Å²) in [7, 11) is 0. The van der Waals surface area contributed by atoms with Crippen molar-refractivity contribution in [3.05, 3.63) is 30.1 Å². The first kappa shape index (κ1) is 12.5. The predicted octanol–water partition coefficient (Wildman–Crippen LogP) is 2.06. The fraction of sp³-hybridized carbons (Fsp3) is 0.643. The van der Waals surface area contributed by atoms with Crippen molar-refractivity contribution in [2.24, 2.45) is 5.92 Å². The standard InChI is InChI=1S/C14H22N2O/c1-14(2)13(11-17)6-4-8-16(14)10-12-5-3-7-15-9-12/h3,5,7,9,13,17H,4,6,8,10-11H2,1-2H3. The van der Waals surface area contributed by atoms with Crippen molar-refractivity contribution in [3.63, 3.8) is 0 Å². The molecule has 1 aliphatic heterocycles. The van der Waals surface area contributed by atoms with Crippen molar-refractivity contribution in [2.45, 2.75) is 38.8 Å². The molecule has 1 N–H and O–H groups in total. The van der Waals surface area contributed by atoms with E-state index >= 15 is 0 Å². The zero-order valence-electron chi connectivity index (χ0n) is 10.8. The van der Waals surface area contributed by atoms with Gasteiger partial charge in [-0.15, -0.1) is 0 Å². The molecular formula is C14H22N2O. The van der Waals surface area contributed by atoms with E-state index in [1.165, 1.54) is 12.0 Å². The molecule has 2 rings (SSSR count). The molecule has 1 aromatic heterocycles. The summed E-state index contributed by atoms with van der Waals surface area (Å²) in [6.07, 6.45) is 6.04. The fourth-order valence-electron chi connectivity index (χ4n) is 2.74. The lowest BCUT2D eigenvalue weighted by Crippen LogP contribution is -2.53. The number of hydrogen-bond donors (Lipinski definition) is 1. The highest BCUT2D eigenvalue weighted by atomic mass is 16.3. The molecule has 1 aliphatic rings. The highest BCUT2D eigenvalue weighted by Gasteiger charge is 2.37. The Morgan fingerprint density at radius 2 is 2.35 bits per heavy atom. The SMILES string of the molecule is CC1(C)C(CO)CCCN1Cc1cccnc1. The molecule has 0 spiro atoms. The first-order valence-corrected chi connectivity index (χ1v) is 6.39. The molecule has 0 saturated carbocycles. The molecular weight excluding hydrogens is 212 g/mol. The van der Waals surface area contributed by atoms with E-state index in [-0.39, 0.29) is 12.1 Å². The van der Waals surface area contributed by atoms with Gasteiger partial charge in [0.15, 0.2) is 0 Å². The zero-order valence-corrected chi connectivity index (χ0v) is 10.8. The number of pyridine rings is 1. The van der Waals surface area contributed by atoms with Gasteiger partial charge in [-0.25, -0.2) is 0 Å². The van der Waals surface area contributed by atoms with E-state index in [1.54, 1.807) is 6.20 Å². The third-order valence-corrected chi connectivity index (χ3v) is 4.11. The highest BCUT2D eigenvalue weighted by molar-refractivity contribution is 5.09. The van der Waals surface area contributed by atoms with Crippen LogP contribution < -0.4 is 0 Å². The molecule has 3 nitrogen and oxygen atoms in total. The second kappa shape index (κ2) is 5.15. The summed E-state index contributed by atoms with van der Waals surface area (Å²) in [5, 5.41) is 9.47. The van der Waals surface area contributed by atoms with Gasteiger partial charge in [0.25, 0.3) is 0 Å². The van der Waals surface area contributed by atoms with E-state index in [9.17, 15) is 5.11 Å². The van der Waals surface area contributed by atoms with Gasteiger partial charge < -0.3 is 5.11 Å². The second-order valence-corrected chi connectivity index (χ2v) is 5.46. The number of aliphatic hydroxyl groups is 1. The van der Waals surface area contributed by atoms with E-state index in [0.717, 1.165) is 19.5 Å². The average molecular weight is 234 g/mol. The van der Waals surface area contributed by atoms with Crippen LogP contribution in [0, 0.1) is 5.92 Å². The van der Waals surface area contributed by atoms with Crippen LogP contribution in [0.5, 0.6) is 0 Å². The molecule has 1 saturated heterocycles. The van der Waals surface area contributed by atoms with Crippen LogP contribution in [0.25, 0.3) is 0 Å². The highest BCUT2D eigenvalue weighted by Crippen LogP contribution is 2.33. The minimum absolute atomic E-state index is 0.0723. The van der Waals surface area contributed by atoms with Gasteiger partial charge in [-0.3, -0.25) is 9.88 Å². The van der Waals surface area contributed by atoms with Crippen LogP contribution in [0.2, 0.25) is 0 Å². The largest absolute Gasteiger partial charge is 0.396 e. The predicted molar refractivity (Wildman–Crippen MR) is 68.5 cm³/mol. The Bertz CT molecular complexity index is 350. The maximum Gasteiger partial charge on any atom is 0.0476 e. The monoisotopic (exact) mass is 234 g/mol. The lowest BCUT2D eigenvalue weighted by atomic mass is 9.79. The molecule has 0 amide bonds. The normalized spacial score (nSPS) is 24.8. The van der Waals surface area contributed by atoms with E-state index < -0.39 is 0 Å². The third kappa shape index (κ3) is 2.67. The molecule has 0 aromatic carbocycles. The van der Waals surface area contributed by atoms with E-state index in [1.807, 2.05) is 12.3 Å². The van der Waals surface area contributed by atoms with Crippen molar-refractivity contribution >= 4 is 0 Å². The Labute approximate surface area is 103 Å². The molecule has 17 heavy (non-hydrogen) atoms. The van der Waals surface area contributed by atoms with E-state index in [2.05, 4.69) is 29.8 Å². The van der Waals surface area contributed by atoms with Gasteiger partial charge in [0, 0.05) is 31.1 Å². The number of hydrogen-bond acceptors (Lipinski definition) is 3. The van der Waals surface area contributed by atoms with Gasteiger partial charge in [0.05, 0.1) is 0 Å². The summed E-state index contributed by atoms with van der Waals surface area (Å²) in [4.78, 5) is 6.63. The van der Waals surface area contributed by atoms with Gasteiger partial charge >= 0.3 is 0 Å². The molecule has 2 heterocycles. The van der Waals surface area contributed by atoms with Gasteiger partial charge in [-0.1, -0.05) is 6.07 Å². The van der Waals surface area contributed by atoms with Gasteiger partial charge in [0.1, 0.15) is 0 Å². The summed E-state index contributed by atoms with van der Waals surface area (Å²) in [5.74, 6) is 0.382. The number of likely N-dealkylation sites (tertiary alicyclic amines) is 1. The molecule has 1 fully saturated rings. The molecule has 1 unspecified atom stereocenters. The zero-order chi connectivity index (χ0) is 12.3. The Kier molecular flexibility index (Phi) is 3.79. The van der Waals surface area contributed by atoms with Crippen LogP contribution in [0.15, 0.2) is 24.5 Å². The van der Waals surface area contributed by atoms with Crippen molar-refractivity contribution in [1.82, 2.24) is 9.88 Å². The van der Waals surface area contributed by atoms with Crippen molar-refractivity contribution in [2.75, 3.05) is 13.2 Å². The first-order valence-electron chi connectivity index (χ1n) is 6.39. The molecule has 94 valence electrons. The Balaban J connectivity index is 2.10. The van der Waals surface area contributed by atoms with E-state index in [0.29, 0.717) is 5.92 Å². The van der Waals surface area contributed by atoms with Crippen LogP contribution in [-0.4, -0.2) is 33.7 Å². The summed E-state index contributed by atoms with van der Waals surface area (Å²) in [5.41, 5.74) is 1.32. The number of rotatable bonds is 3. The van der Waals surface area contributed by atoms with Crippen LogP contribution in [-0.2, 0) is 6.54 Å². The lowest BCUT2D eigenvalue weighted by Gasteiger charge is -2.47. The topological polar surface area (TPSA) is 36.4 Å². The maximum absolute atomic E-state index is 9.47. The second-order valence-electron chi connectivity index (χ2n) is 5.46. The first-order chi connectivity index (χ1) is 8.14. The Morgan fingerprint density at radius 1 is 1.53 bits per heavy atom. The van der Waals surface area contributed by atoms with Crippen LogP contribution in [0.1, 0.15) is 32.3 Å².